The normalized spacial score (nSPS) is 21.0. The maximum absolute atomic E-state index is 12.7. The van der Waals surface area contributed by atoms with Crippen LogP contribution in [0, 0.1) is 6.92 Å². The molecule has 0 radical (unpaired) electrons. The number of carboxylic acids is 1. The number of carbonyl (C=O) groups is 2. The third kappa shape index (κ3) is 3.29. The van der Waals surface area contributed by atoms with Crippen LogP contribution in [0.25, 0.3) is 0 Å². The summed E-state index contributed by atoms with van der Waals surface area (Å²) in [6.45, 7) is 2.08. The molecule has 0 bridgehead atoms. The highest BCUT2D eigenvalue weighted by atomic mass is 32.2. The Hall–Kier alpha value is -1.93. The van der Waals surface area contributed by atoms with Crippen molar-refractivity contribution in [1.82, 2.24) is 9.62 Å². The Morgan fingerprint density at radius 2 is 1.96 bits per heavy atom. The Labute approximate surface area is 140 Å². The largest absolute Gasteiger partial charge is 0.480 e. The Morgan fingerprint density at radius 3 is 2.58 bits per heavy atom. The molecule has 1 aliphatic heterocycles. The third-order valence-electron chi connectivity index (χ3n) is 4.45. The van der Waals surface area contributed by atoms with Gasteiger partial charge in [0.1, 0.15) is 6.04 Å². The predicted molar refractivity (Wildman–Crippen MR) is 86.2 cm³/mol. The first-order valence-electron chi connectivity index (χ1n) is 7.96. The van der Waals surface area contributed by atoms with Crippen molar-refractivity contribution in [2.75, 3.05) is 6.54 Å². The molecule has 1 aromatic rings. The molecule has 24 heavy (non-hydrogen) atoms. The lowest BCUT2D eigenvalue weighted by Crippen LogP contribution is -2.40. The van der Waals surface area contributed by atoms with Crippen LogP contribution in [0.3, 0.4) is 0 Å². The van der Waals surface area contributed by atoms with Gasteiger partial charge in [-0.1, -0.05) is 6.07 Å². The number of nitrogens with one attached hydrogen (secondary N) is 1. The summed E-state index contributed by atoms with van der Waals surface area (Å²) in [5.41, 5.74) is 0.864. The van der Waals surface area contributed by atoms with E-state index in [4.69, 9.17) is 0 Å². The lowest BCUT2D eigenvalue weighted by atomic mass is 10.1. The molecule has 1 amide bonds. The summed E-state index contributed by atoms with van der Waals surface area (Å²) in [6, 6.07) is 3.53. The Kier molecular flexibility index (Phi) is 4.35. The molecule has 8 heteroatoms. The number of aryl methyl sites for hydroxylation is 1. The summed E-state index contributed by atoms with van der Waals surface area (Å²) in [5, 5.41) is 9.24. The van der Waals surface area contributed by atoms with Gasteiger partial charge in [-0.05, 0) is 50.3 Å². The number of aliphatic carboxylic acids is 1. The number of rotatable bonds is 5. The van der Waals surface area contributed by atoms with Crippen molar-refractivity contribution in [3.63, 3.8) is 0 Å². The van der Waals surface area contributed by atoms with Gasteiger partial charge < -0.3 is 10.0 Å². The summed E-state index contributed by atoms with van der Waals surface area (Å²) >= 11 is 0. The molecule has 130 valence electrons. The van der Waals surface area contributed by atoms with Gasteiger partial charge in [-0.15, -0.1) is 0 Å². The number of amides is 1. The molecule has 2 fully saturated rings. The Morgan fingerprint density at radius 1 is 1.25 bits per heavy atom. The summed E-state index contributed by atoms with van der Waals surface area (Å²) in [4.78, 5) is 25.4. The topological polar surface area (TPSA) is 104 Å². The first-order chi connectivity index (χ1) is 11.3. The summed E-state index contributed by atoms with van der Waals surface area (Å²) < 4.78 is 27.2. The number of hydrogen-bond donors (Lipinski definition) is 2. The van der Waals surface area contributed by atoms with Gasteiger partial charge in [0.05, 0.1) is 4.90 Å². The molecular weight excluding hydrogens is 332 g/mol. The van der Waals surface area contributed by atoms with Gasteiger partial charge in [0, 0.05) is 18.2 Å². The van der Waals surface area contributed by atoms with Crippen LogP contribution in [-0.2, 0) is 14.8 Å². The number of benzene rings is 1. The van der Waals surface area contributed by atoms with E-state index in [0.29, 0.717) is 24.9 Å². The molecule has 7 nitrogen and oxygen atoms in total. The van der Waals surface area contributed by atoms with E-state index in [1.54, 1.807) is 13.0 Å². The van der Waals surface area contributed by atoms with Crippen molar-refractivity contribution < 1.29 is 23.1 Å². The third-order valence-corrected chi connectivity index (χ3v) is 5.97. The molecule has 2 aliphatic rings. The van der Waals surface area contributed by atoms with Crippen molar-refractivity contribution in [2.45, 2.75) is 49.6 Å². The fraction of sp³-hybridized carbons (Fsp3) is 0.500. The second-order valence-electron chi connectivity index (χ2n) is 6.37. The van der Waals surface area contributed by atoms with E-state index in [1.807, 2.05) is 0 Å². The maximum atomic E-state index is 12.7. The molecule has 2 N–H and O–H groups in total. The number of likely N-dealkylation sites (tertiary alicyclic amines) is 1. The predicted octanol–water partition coefficient (Wildman–Crippen LogP) is 1.12. The van der Waals surface area contributed by atoms with E-state index < -0.39 is 27.9 Å². The van der Waals surface area contributed by atoms with Gasteiger partial charge >= 0.3 is 5.97 Å². The quantitative estimate of drug-likeness (QED) is 0.826. The van der Waals surface area contributed by atoms with Crippen LogP contribution in [0.5, 0.6) is 0 Å². The van der Waals surface area contributed by atoms with Gasteiger partial charge in [-0.2, -0.15) is 0 Å². The highest BCUT2D eigenvalue weighted by Gasteiger charge is 2.35. The fourth-order valence-electron chi connectivity index (χ4n) is 2.91. The van der Waals surface area contributed by atoms with Gasteiger partial charge in [-0.3, -0.25) is 4.79 Å². The van der Waals surface area contributed by atoms with Gasteiger partial charge in [0.2, 0.25) is 10.0 Å². The minimum Gasteiger partial charge on any atom is -0.480 e. The maximum Gasteiger partial charge on any atom is 0.326 e. The van der Waals surface area contributed by atoms with Crippen molar-refractivity contribution in [2.24, 2.45) is 0 Å². The second-order valence-corrected chi connectivity index (χ2v) is 8.08. The smallest absolute Gasteiger partial charge is 0.326 e. The van der Waals surface area contributed by atoms with Crippen LogP contribution in [0.2, 0.25) is 0 Å². The fourth-order valence-corrected chi connectivity index (χ4v) is 4.24. The summed E-state index contributed by atoms with van der Waals surface area (Å²) in [7, 11) is -3.66. The Bertz CT molecular complexity index is 786. The number of carbonyl (C=O) groups excluding carboxylic acids is 1. The van der Waals surface area contributed by atoms with E-state index in [9.17, 15) is 23.1 Å². The highest BCUT2D eigenvalue weighted by Crippen LogP contribution is 2.25. The molecule has 0 aromatic heterocycles. The van der Waals surface area contributed by atoms with Crippen LogP contribution >= 0.6 is 0 Å². The van der Waals surface area contributed by atoms with Gasteiger partial charge in [0.15, 0.2) is 0 Å². The molecule has 1 saturated heterocycles. The average molecular weight is 352 g/mol. The van der Waals surface area contributed by atoms with Crippen LogP contribution in [0.4, 0.5) is 0 Å². The monoisotopic (exact) mass is 352 g/mol. The standard InChI is InChI=1S/C16H20N2O5S/c1-10-4-7-12(24(22,23)17-11-5-6-11)9-13(10)15(19)18-8-2-3-14(18)16(20)21/h4,7,9,11,14,17H,2-3,5-6,8H2,1H3,(H,20,21)/t14-/m0/s1. The molecular formula is C16H20N2O5S. The molecule has 3 rings (SSSR count). The van der Waals surface area contributed by atoms with Crippen LogP contribution < -0.4 is 4.72 Å². The molecule has 0 spiro atoms. The molecule has 0 unspecified atom stereocenters. The lowest BCUT2D eigenvalue weighted by molar-refractivity contribution is -0.141. The van der Waals surface area contributed by atoms with E-state index in [2.05, 4.69) is 4.72 Å². The molecule has 1 aromatic carbocycles. The van der Waals surface area contributed by atoms with Crippen molar-refractivity contribution >= 4 is 21.9 Å². The lowest BCUT2D eigenvalue weighted by Gasteiger charge is -2.22. The first kappa shape index (κ1) is 16.9. The van der Waals surface area contributed by atoms with Gasteiger partial charge in [-0.25, -0.2) is 17.9 Å². The minimum atomic E-state index is -3.66. The van der Waals surface area contributed by atoms with Crippen molar-refractivity contribution in [1.29, 1.82) is 0 Å². The average Bonchev–Trinajstić information content (AvgIpc) is 3.17. The molecule has 1 aliphatic carbocycles. The van der Waals surface area contributed by atoms with E-state index in [0.717, 1.165) is 12.8 Å². The van der Waals surface area contributed by atoms with E-state index in [1.165, 1.54) is 17.0 Å². The van der Waals surface area contributed by atoms with Crippen molar-refractivity contribution in [3.8, 4) is 0 Å². The SMILES string of the molecule is Cc1ccc(S(=O)(=O)NC2CC2)cc1C(=O)N1CCC[C@H]1C(=O)O. The van der Waals surface area contributed by atoms with Crippen LogP contribution in [-0.4, -0.2) is 48.9 Å². The molecule has 1 saturated carbocycles. The zero-order valence-corrected chi connectivity index (χ0v) is 14.2. The molecule has 1 heterocycles. The minimum absolute atomic E-state index is 0.0228. The zero-order chi connectivity index (χ0) is 17.5. The van der Waals surface area contributed by atoms with E-state index in [-0.39, 0.29) is 16.5 Å². The summed E-state index contributed by atoms with van der Waals surface area (Å²) in [5.74, 6) is -1.46. The van der Waals surface area contributed by atoms with Crippen LogP contribution in [0.1, 0.15) is 41.6 Å². The molecule has 1 atom stereocenters. The Balaban J connectivity index is 1.91. The number of hydrogen-bond acceptors (Lipinski definition) is 4. The van der Waals surface area contributed by atoms with Crippen LogP contribution in [0.15, 0.2) is 23.1 Å². The second kappa shape index (κ2) is 6.18. The number of sulfonamides is 1. The first-order valence-corrected chi connectivity index (χ1v) is 9.44. The van der Waals surface area contributed by atoms with Gasteiger partial charge in [0.25, 0.3) is 5.91 Å². The van der Waals surface area contributed by atoms with E-state index >= 15 is 0 Å². The van der Waals surface area contributed by atoms with Crippen molar-refractivity contribution in [3.05, 3.63) is 29.3 Å². The zero-order valence-electron chi connectivity index (χ0n) is 13.4. The summed E-state index contributed by atoms with van der Waals surface area (Å²) in [6.07, 6.45) is 2.69. The number of carboxylic acid groups (broad SMARTS) is 1. The highest BCUT2D eigenvalue weighted by molar-refractivity contribution is 7.89. The number of nitrogens with zero attached hydrogens (tertiary/aromatic N) is 1.